The van der Waals surface area contributed by atoms with Gasteiger partial charge in [-0.05, 0) is 25.2 Å². The Morgan fingerprint density at radius 3 is 2.94 bits per heavy atom. The van der Waals surface area contributed by atoms with Crippen molar-refractivity contribution in [3.8, 4) is 6.07 Å². The fourth-order valence-electron chi connectivity index (χ4n) is 2.39. The highest BCUT2D eigenvalue weighted by Gasteiger charge is 2.29. The first-order chi connectivity index (χ1) is 8.10. The first kappa shape index (κ1) is 14.0. The van der Waals surface area contributed by atoms with Crippen LogP contribution in [0.15, 0.2) is 0 Å². The number of amides is 1. The third-order valence-electron chi connectivity index (χ3n) is 3.61. The molecule has 1 heterocycles. The topological polar surface area (TPSA) is 70.1 Å². The van der Waals surface area contributed by atoms with Gasteiger partial charge >= 0.3 is 0 Å². The molecule has 0 spiro atoms. The van der Waals surface area contributed by atoms with Crippen molar-refractivity contribution >= 4 is 5.91 Å². The summed E-state index contributed by atoms with van der Waals surface area (Å²) in [7, 11) is 0. The molecule has 1 saturated heterocycles. The average molecular weight is 237 g/mol. The van der Waals surface area contributed by atoms with Crippen LogP contribution in [0.1, 0.15) is 46.0 Å². The monoisotopic (exact) mass is 237 g/mol. The van der Waals surface area contributed by atoms with Crippen molar-refractivity contribution in [3.63, 3.8) is 0 Å². The van der Waals surface area contributed by atoms with E-state index in [2.05, 4.69) is 19.9 Å². The van der Waals surface area contributed by atoms with E-state index in [0.29, 0.717) is 18.9 Å². The van der Waals surface area contributed by atoms with Gasteiger partial charge in [-0.2, -0.15) is 5.26 Å². The molecule has 2 N–H and O–H groups in total. The highest BCUT2D eigenvalue weighted by molar-refractivity contribution is 5.77. The normalized spacial score (nSPS) is 23.2. The Hall–Kier alpha value is -1.08. The standard InChI is InChI=1S/C13H23N3O/c1-3-5-10(2)12(15)8-13(17)16-7-4-6-11(16)9-14/h10-12H,3-8,15H2,1-2H3/t10-,11-,12-/m0/s1. The van der Waals surface area contributed by atoms with Crippen LogP contribution >= 0.6 is 0 Å². The van der Waals surface area contributed by atoms with Gasteiger partial charge in [0.25, 0.3) is 0 Å². The maximum absolute atomic E-state index is 12.0. The van der Waals surface area contributed by atoms with E-state index in [1.54, 1.807) is 4.90 Å². The van der Waals surface area contributed by atoms with Crippen molar-refractivity contribution in [3.05, 3.63) is 0 Å². The molecular weight excluding hydrogens is 214 g/mol. The van der Waals surface area contributed by atoms with Gasteiger partial charge in [0.2, 0.25) is 5.91 Å². The molecule has 3 atom stereocenters. The molecule has 17 heavy (non-hydrogen) atoms. The van der Waals surface area contributed by atoms with Crippen LogP contribution in [0, 0.1) is 17.2 Å². The first-order valence-electron chi connectivity index (χ1n) is 6.54. The third kappa shape index (κ3) is 3.71. The average Bonchev–Trinajstić information content (AvgIpc) is 2.77. The molecule has 1 fully saturated rings. The molecule has 0 aromatic heterocycles. The molecule has 4 heteroatoms. The van der Waals surface area contributed by atoms with Crippen LogP contribution in [0.5, 0.6) is 0 Å². The van der Waals surface area contributed by atoms with Gasteiger partial charge in [-0.25, -0.2) is 0 Å². The number of carbonyl (C=O) groups is 1. The molecule has 0 aliphatic carbocycles. The highest BCUT2D eigenvalue weighted by Crippen LogP contribution is 2.19. The number of likely N-dealkylation sites (tertiary alicyclic amines) is 1. The van der Waals surface area contributed by atoms with Crippen LogP contribution in [0.4, 0.5) is 0 Å². The predicted molar refractivity (Wildman–Crippen MR) is 67.0 cm³/mol. The van der Waals surface area contributed by atoms with Crippen molar-refractivity contribution < 1.29 is 4.79 Å². The molecule has 1 amide bonds. The van der Waals surface area contributed by atoms with Gasteiger partial charge in [-0.1, -0.05) is 20.3 Å². The summed E-state index contributed by atoms with van der Waals surface area (Å²) in [5, 5.41) is 8.94. The molecule has 96 valence electrons. The van der Waals surface area contributed by atoms with Crippen molar-refractivity contribution in [1.82, 2.24) is 4.90 Å². The Kier molecular flexibility index (Phi) is 5.43. The molecular formula is C13H23N3O. The van der Waals surface area contributed by atoms with Crippen LogP contribution in [-0.2, 0) is 4.79 Å². The lowest BCUT2D eigenvalue weighted by molar-refractivity contribution is -0.131. The van der Waals surface area contributed by atoms with E-state index in [1.165, 1.54) is 0 Å². The van der Waals surface area contributed by atoms with Crippen molar-refractivity contribution in [1.29, 1.82) is 5.26 Å². The Balaban J connectivity index is 2.46. The maximum Gasteiger partial charge on any atom is 0.225 e. The quantitative estimate of drug-likeness (QED) is 0.790. The molecule has 0 aromatic carbocycles. The molecule has 0 aromatic rings. The molecule has 1 aliphatic heterocycles. The van der Waals surface area contributed by atoms with E-state index in [4.69, 9.17) is 11.0 Å². The minimum atomic E-state index is -0.226. The number of rotatable bonds is 5. The van der Waals surface area contributed by atoms with Crippen LogP contribution in [-0.4, -0.2) is 29.4 Å². The Morgan fingerprint density at radius 1 is 1.65 bits per heavy atom. The molecule has 1 rings (SSSR count). The Labute approximate surface area is 104 Å². The Morgan fingerprint density at radius 2 is 2.35 bits per heavy atom. The Bertz CT molecular complexity index is 298. The molecule has 0 bridgehead atoms. The van der Waals surface area contributed by atoms with Crippen molar-refractivity contribution in [2.24, 2.45) is 11.7 Å². The zero-order chi connectivity index (χ0) is 12.8. The lowest BCUT2D eigenvalue weighted by atomic mass is 9.95. The zero-order valence-corrected chi connectivity index (χ0v) is 10.9. The zero-order valence-electron chi connectivity index (χ0n) is 10.9. The largest absolute Gasteiger partial charge is 0.327 e. The van der Waals surface area contributed by atoms with E-state index in [-0.39, 0.29) is 18.0 Å². The predicted octanol–water partition coefficient (Wildman–Crippen LogP) is 1.65. The smallest absolute Gasteiger partial charge is 0.225 e. The highest BCUT2D eigenvalue weighted by atomic mass is 16.2. The molecule has 0 unspecified atom stereocenters. The summed E-state index contributed by atoms with van der Waals surface area (Å²) in [5.41, 5.74) is 6.03. The maximum atomic E-state index is 12.0. The van der Waals surface area contributed by atoms with E-state index < -0.39 is 0 Å². The number of carbonyl (C=O) groups excluding carboxylic acids is 1. The summed E-state index contributed by atoms with van der Waals surface area (Å²) < 4.78 is 0. The fraction of sp³-hybridized carbons (Fsp3) is 0.846. The van der Waals surface area contributed by atoms with Gasteiger partial charge < -0.3 is 10.6 Å². The summed E-state index contributed by atoms with van der Waals surface area (Å²) >= 11 is 0. The van der Waals surface area contributed by atoms with Gasteiger partial charge in [0, 0.05) is 19.0 Å². The van der Waals surface area contributed by atoms with Gasteiger partial charge in [0.15, 0.2) is 0 Å². The van der Waals surface area contributed by atoms with E-state index in [1.807, 2.05) is 0 Å². The van der Waals surface area contributed by atoms with Gasteiger partial charge in [0.05, 0.1) is 6.07 Å². The molecule has 1 aliphatic rings. The van der Waals surface area contributed by atoms with Crippen LogP contribution in [0.3, 0.4) is 0 Å². The number of hydrogen-bond donors (Lipinski definition) is 1. The van der Waals surface area contributed by atoms with Crippen LogP contribution in [0.25, 0.3) is 0 Å². The number of hydrogen-bond acceptors (Lipinski definition) is 3. The third-order valence-corrected chi connectivity index (χ3v) is 3.61. The minimum absolute atomic E-state index is 0.0458. The molecule has 0 saturated carbocycles. The number of nitrogens with two attached hydrogens (primary N) is 1. The first-order valence-corrected chi connectivity index (χ1v) is 6.54. The summed E-state index contributed by atoms with van der Waals surface area (Å²) in [6.45, 7) is 4.93. The number of nitriles is 1. The van der Waals surface area contributed by atoms with Gasteiger partial charge in [-0.3, -0.25) is 4.79 Å². The second kappa shape index (κ2) is 6.61. The second-order valence-electron chi connectivity index (χ2n) is 5.01. The summed E-state index contributed by atoms with van der Waals surface area (Å²) in [6, 6.07) is 1.88. The van der Waals surface area contributed by atoms with E-state index >= 15 is 0 Å². The summed E-state index contributed by atoms with van der Waals surface area (Å²) in [4.78, 5) is 13.7. The summed E-state index contributed by atoms with van der Waals surface area (Å²) in [6.07, 6.45) is 4.26. The lowest BCUT2D eigenvalue weighted by Gasteiger charge is -2.24. The fourth-order valence-corrected chi connectivity index (χ4v) is 2.39. The van der Waals surface area contributed by atoms with Crippen LogP contribution < -0.4 is 5.73 Å². The van der Waals surface area contributed by atoms with Crippen molar-refractivity contribution in [2.45, 2.75) is 58.0 Å². The molecule has 0 radical (unpaired) electrons. The van der Waals surface area contributed by atoms with Gasteiger partial charge in [-0.15, -0.1) is 0 Å². The SMILES string of the molecule is CCC[C@H](C)[C@@H](N)CC(=O)N1CCC[C@H]1C#N. The van der Waals surface area contributed by atoms with Crippen molar-refractivity contribution in [2.75, 3.05) is 6.54 Å². The number of nitrogens with zero attached hydrogens (tertiary/aromatic N) is 2. The molecule has 4 nitrogen and oxygen atoms in total. The summed E-state index contributed by atoms with van der Waals surface area (Å²) in [5.74, 6) is 0.414. The van der Waals surface area contributed by atoms with Gasteiger partial charge in [0.1, 0.15) is 6.04 Å². The lowest BCUT2D eigenvalue weighted by Crippen LogP contribution is -2.40. The van der Waals surface area contributed by atoms with E-state index in [9.17, 15) is 4.79 Å². The minimum Gasteiger partial charge on any atom is -0.327 e. The second-order valence-corrected chi connectivity index (χ2v) is 5.01. The van der Waals surface area contributed by atoms with Crippen LogP contribution in [0.2, 0.25) is 0 Å². The van der Waals surface area contributed by atoms with E-state index in [0.717, 1.165) is 25.7 Å².